The Kier molecular flexibility index (Phi) is 7.65. The Bertz CT molecular complexity index is 1850. The number of amides is 1. The lowest BCUT2D eigenvalue weighted by molar-refractivity contribution is 0.0985. The van der Waals surface area contributed by atoms with Gasteiger partial charge in [0.15, 0.2) is 0 Å². The number of hydrogen-bond acceptors (Lipinski definition) is 8. The van der Waals surface area contributed by atoms with Crippen LogP contribution in [0.5, 0.6) is 5.75 Å². The maximum atomic E-state index is 13.0. The molecule has 0 bridgehead atoms. The minimum atomic E-state index is -0.883. The van der Waals surface area contributed by atoms with Crippen LogP contribution >= 0.6 is 0 Å². The molecule has 0 spiro atoms. The summed E-state index contributed by atoms with van der Waals surface area (Å²) in [4.78, 5) is 32.3. The van der Waals surface area contributed by atoms with Gasteiger partial charge in [0.1, 0.15) is 12.4 Å². The van der Waals surface area contributed by atoms with Crippen molar-refractivity contribution in [3.8, 4) is 22.9 Å². The fraction of sp³-hybridized carbons (Fsp3) is 0.375. The number of likely N-dealkylation sites (N-methyl/N-ethyl adjacent to an activating group) is 1. The van der Waals surface area contributed by atoms with Crippen LogP contribution in [0.1, 0.15) is 11.1 Å². The normalized spacial score (nSPS) is 15.4. The number of carbonyl (C=O) groups is 1. The van der Waals surface area contributed by atoms with Crippen LogP contribution in [0.2, 0.25) is 0 Å². The highest BCUT2D eigenvalue weighted by atomic mass is 16.5. The maximum absolute atomic E-state index is 13.0. The number of pyridine rings is 1. The van der Waals surface area contributed by atoms with Crippen molar-refractivity contribution in [3.05, 3.63) is 64.2 Å². The lowest BCUT2D eigenvalue weighted by Gasteiger charge is -2.38. The van der Waals surface area contributed by atoms with Crippen molar-refractivity contribution in [1.29, 1.82) is 5.26 Å². The minimum Gasteiger partial charge on any atom is -0.492 e. The summed E-state index contributed by atoms with van der Waals surface area (Å²) in [5, 5.41) is 24.6. The summed E-state index contributed by atoms with van der Waals surface area (Å²) in [6.07, 6.45) is 2.80. The predicted octanol–water partition coefficient (Wildman–Crippen LogP) is 3.38. The average molecular weight is 597 g/mol. The Morgan fingerprint density at radius 1 is 1.00 bits per heavy atom. The van der Waals surface area contributed by atoms with Crippen LogP contribution < -0.4 is 20.1 Å². The van der Waals surface area contributed by atoms with E-state index in [0.29, 0.717) is 62.8 Å². The molecule has 0 atom stereocenters. The third kappa shape index (κ3) is 5.31. The lowest BCUT2D eigenvalue weighted by atomic mass is 9.98. The third-order valence-corrected chi connectivity index (χ3v) is 8.70. The molecule has 0 unspecified atom stereocenters. The Labute approximate surface area is 255 Å². The number of carboxylic acid groups (broad SMARTS) is 1. The van der Waals surface area contributed by atoms with E-state index in [4.69, 9.17) is 4.74 Å². The highest BCUT2D eigenvalue weighted by Crippen LogP contribution is 2.44. The molecule has 2 aliphatic rings. The quantitative estimate of drug-likeness (QED) is 0.357. The van der Waals surface area contributed by atoms with Gasteiger partial charge in [-0.3, -0.25) is 14.4 Å². The highest BCUT2D eigenvalue weighted by Gasteiger charge is 2.27. The monoisotopic (exact) mass is 596 g/mol. The minimum absolute atomic E-state index is 0.0661. The second-order valence-electron chi connectivity index (χ2n) is 11.5. The Morgan fingerprint density at radius 3 is 2.45 bits per heavy atom. The van der Waals surface area contributed by atoms with E-state index in [1.54, 1.807) is 22.5 Å². The molecule has 0 saturated carbocycles. The van der Waals surface area contributed by atoms with Gasteiger partial charge in [-0.25, -0.2) is 4.79 Å². The number of fused-ring (bicyclic) bond motifs is 2. The first kappa shape index (κ1) is 29.1. The van der Waals surface area contributed by atoms with Crippen molar-refractivity contribution >= 4 is 34.1 Å². The first-order chi connectivity index (χ1) is 21.1. The van der Waals surface area contributed by atoms with Crippen molar-refractivity contribution in [1.82, 2.24) is 24.1 Å². The molecule has 0 radical (unpaired) electrons. The van der Waals surface area contributed by atoms with E-state index in [2.05, 4.69) is 39.0 Å². The topological polar surface area (TPSA) is 123 Å². The Morgan fingerprint density at radius 2 is 1.77 bits per heavy atom. The van der Waals surface area contributed by atoms with Crippen molar-refractivity contribution in [2.45, 2.75) is 6.92 Å². The van der Waals surface area contributed by atoms with Gasteiger partial charge in [-0.1, -0.05) is 0 Å². The van der Waals surface area contributed by atoms with Gasteiger partial charge < -0.3 is 29.1 Å². The molecule has 12 nitrogen and oxygen atoms in total. The van der Waals surface area contributed by atoms with Gasteiger partial charge in [0.25, 0.3) is 5.56 Å². The number of aryl methyl sites for hydroxylation is 3. The molecule has 2 aromatic heterocycles. The third-order valence-electron chi connectivity index (χ3n) is 8.70. The molecule has 44 heavy (non-hydrogen) atoms. The number of aromatic nitrogens is 3. The van der Waals surface area contributed by atoms with E-state index in [1.165, 1.54) is 4.90 Å². The molecule has 1 N–H and O–H groups in total. The number of rotatable bonds is 6. The van der Waals surface area contributed by atoms with Crippen molar-refractivity contribution < 1.29 is 14.6 Å². The van der Waals surface area contributed by atoms with E-state index in [-0.39, 0.29) is 5.56 Å². The zero-order chi connectivity index (χ0) is 31.1. The van der Waals surface area contributed by atoms with Gasteiger partial charge in [0.05, 0.1) is 40.4 Å². The van der Waals surface area contributed by atoms with E-state index < -0.39 is 6.09 Å². The molecular weight excluding hydrogens is 560 g/mol. The number of benzene rings is 2. The van der Waals surface area contributed by atoms with E-state index in [0.717, 1.165) is 45.6 Å². The van der Waals surface area contributed by atoms with Crippen LogP contribution in [0, 0.1) is 18.3 Å². The van der Waals surface area contributed by atoms with Crippen molar-refractivity contribution in [2.75, 3.05) is 69.3 Å². The molecule has 4 aromatic rings. The van der Waals surface area contributed by atoms with Gasteiger partial charge in [-0.05, 0) is 25.1 Å². The van der Waals surface area contributed by atoms with Crippen LogP contribution in [0.3, 0.4) is 0 Å². The number of piperazine rings is 1. The van der Waals surface area contributed by atoms with Crippen LogP contribution in [0.25, 0.3) is 22.0 Å². The number of nitrogens with zero attached hydrogens (tertiary/aromatic N) is 8. The number of hydrogen-bond donors (Lipinski definition) is 1. The summed E-state index contributed by atoms with van der Waals surface area (Å²) < 4.78 is 9.69. The largest absolute Gasteiger partial charge is 0.492 e. The van der Waals surface area contributed by atoms with Crippen LogP contribution in [-0.4, -0.2) is 94.8 Å². The summed E-state index contributed by atoms with van der Waals surface area (Å²) in [6.45, 7) is 6.61. The average Bonchev–Trinajstić information content (AvgIpc) is 3.46. The molecule has 4 heterocycles. The first-order valence-corrected chi connectivity index (χ1v) is 14.7. The first-order valence-electron chi connectivity index (χ1n) is 14.7. The van der Waals surface area contributed by atoms with E-state index >= 15 is 0 Å². The summed E-state index contributed by atoms with van der Waals surface area (Å²) in [6, 6.07) is 12.3. The number of anilines is 3. The molecule has 1 amide bonds. The highest BCUT2D eigenvalue weighted by molar-refractivity contribution is 5.98. The molecule has 2 aromatic carbocycles. The van der Waals surface area contributed by atoms with Gasteiger partial charge in [0, 0.05) is 107 Å². The van der Waals surface area contributed by atoms with Gasteiger partial charge >= 0.3 is 6.09 Å². The van der Waals surface area contributed by atoms with Crippen LogP contribution in [0.15, 0.2) is 47.5 Å². The van der Waals surface area contributed by atoms with Gasteiger partial charge in [0.2, 0.25) is 0 Å². The van der Waals surface area contributed by atoms with Crippen LogP contribution in [-0.2, 0) is 14.1 Å². The Balaban J connectivity index is 1.38. The van der Waals surface area contributed by atoms with E-state index in [1.807, 2.05) is 44.4 Å². The lowest BCUT2D eigenvalue weighted by Crippen LogP contribution is -2.49. The molecule has 1 saturated heterocycles. The smallest absolute Gasteiger partial charge is 0.407 e. The molecule has 0 aliphatic carbocycles. The summed E-state index contributed by atoms with van der Waals surface area (Å²) in [7, 11) is 5.69. The van der Waals surface area contributed by atoms with Crippen molar-refractivity contribution in [2.24, 2.45) is 14.1 Å². The molecule has 6 rings (SSSR count). The molecule has 12 heteroatoms. The van der Waals surface area contributed by atoms with Gasteiger partial charge in [-0.15, -0.1) is 0 Å². The molecule has 2 aliphatic heterocycles. The summed E-state index contributed by atoms with van der Waals surface area (Å²) >= 11 is 0. The number of nitriles is 1. The second kappa shape index (κ2) is 11.6. The van der Waals surface area contributed by atoms with Gasteiger partial charge in [-0.2, -0.15) is 10.4 Å². The van der Waals surface area contributed by atoms with Crippen LogP contribution in [0.4, 0.5) is 21.9 Å². The Hall–Kier alpha value is -5.02. The number of ether oxygens (including phenoxy) is 1. The molecule has 1 fully saturated rings. The second-order valence-corrected chi connectivity index (χ2v) is 11.5. The SMILES string of the molecule is Cc1cc2c(N3CCN(C)c4cc(-c5cnn(C)c5)c(C#N)cc43)cc(OCCN3CCN(C(=O)O)CC3)cc2n(C)c1=O. The summed E-state index contributed by atoms with van der Waals surface area (Å²) in [5.41, 5.74) is 6.42. The molecular formula is C32H36N8O4. The fourth-order valence-electron chi connectivity index (χ4n) is 6.17. The zero-order valence-corrected chi connectivity index (χ0v) is 25.4. The fourth-order valence-corrected chi connectivity index (χ4v) is 6.17. The maximum Gasteiger partial charge on any atom is 0.407 e. The van der Waals surface area contributed by atoms with Crippen molar-refractivity contribution in [3.63, 3.8) is 0 Å². The standard InChI is InChI=1S/C32H36N8O4/c1-21-13-26-27(37(4)31(21)41)15-24(44-12-11-38-6-8-39(9-7-38)32(42)43)16-28(26)40-10-5-35(2)29-17-25(22(18-33)14-30(29)40)23-19-34-36(3)20-23/h13-17,19-20H,5-12H2,1-4H3,(H,42,43). The summed E-state index contributed by atoms with van der Waals surface area (Å²) in [5.74, 6) is 0.642. The molecule has 228 valence electrons. The predicted molar refractivity (Wildman–Crippen MR) is 169 cm³/mol. The zero-order valence-electron chi connectivity index (χ0n) is 25.4. The van der Waals surface area contributed by atoms with E-state index in [9.17, 15) is 20.0 Å².